The number of furan rings is 1. The highest BCUT2D eigenvalue weighted by Gasteiger charge is 2.22. The zero-order valence-electron chi connectivity index (χ0n) is 11.5. The van der Waals surface area contributed by atoms with E-state index in [2.05, 4.69) is 0 Å². The Morgan fingerprint density at radius 2 is 2.24 bits per heavy atom. The van der Waals surface area contributed by atoms with Crippen molar-refractivity contribution in [2.24, 2.45) is 7.05 Å². The molecule has 0 spiro atoms. The van der Waals surface area contributed by atoms with Gasteiger partial charge in [-0.3, -0.25) is 9.59 Å². The molecule has 0 aliphatic heterocycles. The summed E-state index contributed by atoms with van der Waals surface area (Å²) < 4.78 is 7.29. The van der Waals surface area contributed by atoms with E-state index in [0.29, 0.717) is 22.3 Å². The van der Waals surface area contributed by atoms with E-state index in [-0.39, 0.29) is 12.0 Å². The highest BCUT2D eigenvalue weighted by Crippen LogP contribution is 2.33. The van der Waals surface area contributed by atoms with Crippen molar-refractivity contribution in [3.05, 3.63) is 44.5 Å². The maximum atomic E-state index is 12.4. The van der Waals surface area contributed by atoms with Gasteiger partial charge in [0.15, 0.2) is 0 Å². The smallest absolute Gasteiger partial charge is 0.307 e. The van der Waals surface area contributed by atoms with Crippen molar-refractivity contribution >= 4 is 28.3 Å². The van der Waals surface area contributed by atoms with E-state index in [0.717, 1.165) is 11.3 Å². The van der Waals surface area contributed by atoms with Gasteiger partial charge in [-0.15, -0.1) is 0 Å². The lowest BCUT2D eigenvalue weighted by Gasteiger charge is -2.02. The van der Waals surface area contributed by atoms with Crippen molar-refractivity contribution in [3.63, 3.8) is 0 Å². The summed E-state index contributed by atoms with van der Waals surface area (Å²) in [6.07, 6.45) is -0.240. The van der Waals surface area contributed by atoms with Gasteiger partial charge in [0.2, 0.25) is 0 Å². The Morgan fingerprint density at radius 1 is 1.48 bits per heavy atom. The summed E-state index contributed by atoms with van der Waals surface area (Å²) in [5.74, 6) is -0.520. The quantitative estimate of drug-likeness (QED) is 0.807. The molecule has 1 N–H and O–H groups in total. The van der Waals surface area contributed by atoms with Crippen LogP contribution in [0.25, 0.3) is 22.3 Å². The molecule has 0 fully saturated rings. The number of aromatic nitrogens is 1. The summed E-state index contributed by atoms with van der Waals surface area (Å²) in [4.78, 5) is 23.6. The van der Waals surface area contributed by atoms with Crippen molar-refractivity contribution in [2.75, 3.05) is 0 Å². The Balaban J connectivity index is 2.41. The van der Waals surface area contributed by atoms with Gasteiger partial charge in [0.1, 0.15) is 11.3 Å². The SMILES string of the molecule is Cc1cc2oc(-c3ccsc3)c(CC(=O)O)c2c(=O)n1C. The van der Waals surface area contributed by atoms with Gasteiger partial charge in [-0.2, -0.15) is 11.3 Å². The van der Waals surface area contributed by atoms with Crippen LogP contribution in [-0.4, -0.2) is 15.6 Å². The summed E-state index contributed by atoms with van der Waals surface area (Å²) in [7, 11) is 1.67. The summed E-state index contributed by atoms with van der Waals surface area (Å²) in [6, 6.07) is 3.61. The minimum absolute atomic E-state index is 0.230. The van der Waals surface area contributed by atoms with Crippen LogP contribution in [-0.2, 0) is 18.3 Å². The van der Waals surface area contributed by atoms with E-state index in [1.54, 1.807) is 13.1 Å². The molecule has 3 aromatic heterocycles. The number of thiophene rings is 1. The number of rotatable bonds is 3. The number of carboxylic acids is 1. The van der Waals surface area contributed by atoms with Crippen molar-refractivity contribution in [1.29, 1.82) is 0 Å². The molecule has 3 rings (SSSR count). The molecule has 0 bridgehead atoms. The van der Waals surface area contributed by atoms with Crippen LogP contribution in [0.3, 0.4) is 0 Å². The summed E-state index contributed by atoms with van der Waals surface area (Å²) in [5, 5.41) is 13.2. The molecule has 3 aromatic rings. The predicted molar refractivity (Wildman–Crippen MR) is 80.8 cm³/mol. The molecule has 6 heteroatoms. The van der Waals surface area contributed by atoms with Gasteiger partial charge in [-0.1, -0.05) is 0 Å². The fraction of sp³-hybridized carbons (Fsp3) is 0.200. The van der Waals surface area contributed by atoms with Crippen LogP contribution in [0.2, 0.25) is 0 Å². The van der Waals surface area contributed by atoms with Crippen LogP contribution in [0.5, 0.6) is 0 Å². The van der Waals surface area contributed by atoms with Crippen molar-refractivity contribution < 1.29 is 14.3 Å². The second-order valence-electron chi connectivity index (χ2n) is 4.88. The molecule has 0 aliphatic rings. The minimum atomic E-state index is -0.989. The second-order valence-corrected chi connectivity index (χ2v) is 5.66. The number of fused-ring (bicyclic) bond motifs is 1. The van der Waals surface area contributed by atoms with Gasteiger partial charge >= 0.3 is 5.97 Å². The van der Waals surface area contributed by atoms with Gasteiger partial charge in [0.05, 0.1) is 11.8 Å². The van der Waals surface area contributed by atoms with E-state index in [1.165, 1.54) is 15.9 Å². The van der Waals surface area contributed by atoms with Crippen molar-refractivity contribution in [3.8, 4) is 11.3 Å². The Morgan fingerprint density at radius 3 is 2.86 bits per heavy atom. The van der Waals surface area contributed by atoms with Crippen LogP contribution in [0.15, 0.2) is 32.1 Å². The number of nitrogens with zero attached hydrogens (tertiary/aromatic N) is 1. The van der Waals surface area contributed by atoms with Crippen LogP contribution < -0.4 is 5.56 Å². The molecular weight excluding hydrogens is 290 g/mol. The van der Waals surface area contributed by atoms with E-state index in [1.807, 2.05) is 23.8 Å². The maximum absolute atomic E-state index is 12.4. The molecular formula is C15H13NO4S. The van der Waals surface area contributed by atoms with E-state index >= 15 is 0 Å². The molecule has 108 valence electrons. The average Bonchev–Trinajstić information content (AvgIpc) is 3.03. The number of hydrogen-bond donors (Lipinski definition) is 1. The zero-order chi connectivity index (χ0) is 15.1. The van der Waals surface area contributed by atoms with Crippen molar-refractivity contribution in [1.82, 2.24) is 4.57 Å². The lowest BCUT2D eigenvalue weighted by Crippen LogP contribution is -2.19. The summed E-state index contributed by atoms with van der Waals surface area (Å²) in [6.45, 7) is 1.81. The molecule has 0 saturated heterocycles. The molecule has 0 amide bonds. The predicted octanol–water partition coefficient (Wildman–Crippen LogP) is 2.80. The highest BCUT2D eigenvalue weighted by molar-refractivity contribution is 7.08. The molecule has 0 saturated carbocycles. The first-order valence-electron chi connectivity index (χ1n) is 6.35. The Bertz CT molecular complexity index is 887. The average molecular weight is 303 g/mol. The molecule has 0 aliphatic carbocycles. The standard InChI is InChI=1S/C15H13NO4S/c1-8-5-11-13(15(19)16(8)2)10(6-12(17)18)14(20-11)9-3-4-21-7-9/h3-5,7H,6H2,1-2H3,(H,17,18). The number of carbonyl (C=O) groups is 1. The third-order valence-electron chi connectivity index (χ3n) is 3.53. The van der Waals surface area contributed by atoms with Gasteiger partial charge < -0.3 is 14.1 Å². The minimum Gasteiger partial charge on any atom is -0.481 e. The van der Waals surface area contributed by atoms with Gasteiger partial charge in [0, 0.05) is 35.3 Å². The normalized spacial score (nSPS) is 11.1. The molecule has 21 heavy (non-hydrogen) atoms. The third-order valence-corrected chi connectivity index (χ3v) is 4.22. The summed E-state index contributed by atoms with van der Waals surface area (Å²) in [5.41, 5.74) is 2.21. The highest BCUT2D eigenvalue weighted by atomic mass is 32.1. The van der Waals surface area contributed by atoms with Crippen LogP contribution in [0.4, 0.5) is 0 Å². The molecule has 0 aromatic carbocycles. The first kappa shape index (κ1) is 13.6. The molecule has 0 radical (unpaired) electrons. The Labute approximate surface area is 124 Å². The van der Waals surface area contributed by atoms with E-state index in [9.17, 15) is 9.59 Å². The number of aliphatic carboxylic acids is 1. The monoisotopic (exact) mass is 303 g/mol. The lowest BCUT2D eigenvalue weighted by molar-refractivity contribution is -0.136. The van der Waals surface area contributed by atoms with E-state index < -0.39 is 5.97 Å². The fourth-order valence-electron chi connectivity index (χ4n) is 2.38. The Hall–Kier alpha value is -2.34. The van der Waals surface area contributed by atoms with Gasteiger partial charge in [-0.05, 0) is 18.4 Å². The largest absolute Gasteiger partial charge is 0.481 e. The topological polar surface area (TPSA) is 72.4 Å². The second kappa shape index (κ2) is 4.89. The number of aryl methyl sites for hydroxylation is 1. The first-order valence-corrected chi connectivity index (χ1v) is 7.29. The van der Waals surface area contributed by atoms with Gasteiger partial charge in [0.25, 0.3) is 5.56 Å². The molecule has 0 unspecified atom stereocenters. The molecule has 0 atom stereocenters. The maximum Gasteiger partial charge on any atom is 0.307 e. The number of carboxylic acid groups (broad SMARTS) is 1. The Kier molecular flexibility index (Phi) is 3.17. The van der Waals surface area contributed by atoms with Crippen molar-refractivity contribution in [2.45, 2.75) is 13.3 Å². The number of pyridine rings is 1. The number of hydrogen-bond acceptors (Lipinski definition) is 4. The summed E-state index contributed by atoms with van der Waals surface area (Å²) >= 11 is 1.49. The van der Waals surface area contributed by atoms with Crippen LogP contribution in [0.1, 0.15) is 11.3 Å². The zero-order valence-corrected chi connectivity index (χ0v) is 12.4. The molecule has 3 heterocycles. The first-order chi connectivity index (χ1) is 9.99. The lowest BCUT2D eigenvalue weighted by atomic mass is 10.1. The van der Waals surface area contributed by atoms with Crippen LogP contribution in [0, 0.1) is 6.92 Å². The third kappa shape index (κ3) is 2.17. The fourth-order valence-corrected chi connectivity index (χ4v) is 3.02. The van der Waals surface area contributed by atoms with E-state index in [4.69, 9.17) is 9.52 Å². The molecule has 5 nitrogen and oxygen atoms in total. The van der Waals surface area contributed by atoms with Gasteiger partial charge in [-0.25, -0.2) is 0 Å². The van der Waals surface area contributed by atoms with Crippen LogP contribution >= 0.6 is 11.3 Å².